The van der Waals surface area contributed by atoms with Crippen LogP contribution < -0.4 is 14.8 Å². The molecule has 0 aliphatic heterocycles. The van der Waals surface area contributed by atoms with Gasteiger partial charge >= 0.3 is 0 Å². The largest absolute Gasteiger partial charge is 0.493 e. The lowest BCUT2D eigenvalue weighted by Crippen LogP contribution is -2.25. The third kappa shape index (κ3) is 6.16. The third-order valence-corrected chi connectivity index (χ3v) is 6.17. The molecule has 1 aromatic carbocycles. The molecule has 0 saturated carbocycles. The molecule has 1 aromatic heterocycles. The number of benzene rings is 1. The summed E-state index contributed by atoms with van der Waals surface area (Å²) < 4.78 is 32.7. The Morgan fingerprint density at radius 3 is 2.68 bits per heavy atom. The van der Waals surface area contributed by atoms with Gasteiger partial charge in [0, 0.05) is 25.2 Å². The predicted octanol–water partition coefficient (Wildman–Crippen LogP) is 3.76. The van der Waals surface area contributed by atoms with Crippen molar-refractivity contribution in [3.63, 3.8) is 0 Å². The van der Waals surface area contributed by atoms with Crippen LogP contribution >= 0.6 is 34.5 Å². The van der Waals surface area contributed by atoms with Crippen molar-refractivity contribution in [3.8, 4) is 5.75 Å². The SMILES string of the molecule is CC(=O)Nc1cccc(OCCCNS(=O)(=O)c2cc(Cl)sc2Cl)c1. The number of thiophene rings is 1. The van der Waals surface area contributed by atoms with Crippen LogP contribution in [0.15, 0.2) is 35.2 Å². The number of anilines is 1. The number of ether oxygens (including phenoxy) is 1. The van der Waals surface area contributed by atoms with Crippen molar-refractivity contribution >= 4 is 56.2 Å². The first-order valence-electron chi connectivity index (χ1n) is 7.23. The molecule has 136 valence electrons. The molecule has 6 nitrogen and oxygen atoms in total. The highest BCUT2D eigenvalue weighted by molar-refractivity contribution is 7.89. The van der Waals surface area contributed by atoms with Crippen LogP contribution in [-0.4, -0.2) is 27.5 Å². The second kappa shape index (κ2) is 8.86. The minimum Gasteiger partial charge on any atom is -0.493 e. The Hall–Kier alpha value is -1.32. The average molecular weight is 423 g/mol. The first kappa shape index (κ1) is 20.0. The maximum atomic E-state index is 12.1. The molecule has 0 aliphatic rings. The molecule has 2 aromatic rings. The van der Waals surface area contributed by atoms with Gasteiger partial charge in [-0.15, -0.1) is 11.3 Å². The average Bonchev–Trinajstić information content (AvgIpc) is 2.86. The summed E-state index contributed by atoms with van der Waals surface area (Å²) in [7, 11) is -3.69. The molecule has 25 heavy (non-hydrogen) atoms. The van der Waals surface area contributed by atoms with E-state index >= 15 is 0 Å². The van der Waals surface area contributed by atoms with Crippen molar-refractivity contribution in [2.24, 2.45) is 0 Å². The first-order valence-corrected chi connectivity index (χ1v) is 10.3. The second-order valence-corrected chi connectivity index (χ2v) is 9.02. The molecule has 0 saturated heterocycles. The summed E-state index contributed by atoms with van der Waals surface area (Å²) in [5.74, 6) is 0.417. The first-order chi connectivity index (χ1) is 11.8. The Morgan fingerprint density at radius 2 is 2.04 bits per heavy atom. The molecule has 0 aliphatic carbocycles. The zero-order valence-electron chi connectivity index (χ0n) is 13.2. The lowest BCUT2D eigenvalue weighted by Gasteiger charge is -2.09. The molecule has 10 heteroatoms. The maximum absolute atomic E-state index is 12.1. The molecular formula is C15H16Cl2N2O4S2. The molecule has 0 radical (unpaired) electrons. The molecule has 2 N–H and O–H groups in total. The number of carbonyl (C=O) groups excluding carboxylic acids is 1. The van der Waals surface area contributed by atoms with Gasteiger partial charge in [-0.3, -0.25) is 4.79 Å². The topological polar surface area (TPSA) is 84.5 Å². The smallest absolute Gasteiger partial charge is 0.242 e. The Labute approximate surface area is 160 Å². The number of rotatable bonds is 8. The van der Waals surface area contributed by atoms with Crippen molar-refractivity contribution < 1.29 is 17.9 Å². The number of sulfonamides is 1. The summed E-state index contributed by atoms with van der Waals surface area (Å²) in [6.07, 6.45) is 0.457. The van der Waals surface area contributed by atoms with E-state index in [0.29, 0.717) is 28.8 Å². The number of halogens is 2. The summed E-state index contributed by atoms with van der Waals surface area (Å²) in [5, 5.41) is 2.66. The summed E-state index contributed by atoms with van der Waals surface area (Å²) in [6.45, 7) is 1.92. The Bertz CT molecular complexity index is 853. The highest BCUT2D eigenvalue weighted by Crippen LogP contribution is 2.34. The van der Waals surface area contributed by atoms with Gasteiger partial charge in [-0.2, -0.15) is 0 Å². The third-order valence-electron chi connectivity index (χ3n) is 2.95. The van der Waals surface area contributed by atoms with E-state index in [1.807, 2.05) is 0 Å². The number of amides is 1. The number of carbonyl (C=O) groups is 1. The van der Waals surface area contributed by atoms with Crippen LogP contribution in [0.2, 0.25) is 8.67 Å². The van der Waals surface area contributed by atoms with Gasteiger partial charge in [-0.1, -0.05) is 29.3 Å². The molecular weight excluding hydrogens is 407 g/mol. The predicted molar refractivity (Wildman–Crippen MR) is 100 cm³/mol. The van der Waals surface area contributed by atoms with Crippen molar-refractivity contribution in [2.75, 3.05) is 18.5 Å². The van der Waals surface area contributed by atoms with E-state index in [1.54, 1.807) is 24.3 Å². The summed E-state index contributed by atoms with van der Waals surface area (Å²) in [4.78, 5) is 11.0. The summed E-state index contributed by atoms with van der Waals surface area (Å²) in [5.41, 5.74) is 0.634. The van der Waals surface area contributed by atoms with Crippen molar-refractivity contribution in [1.82, 2.24) is 4.72 Å². The van der Waals surface area contributed by atoms with E-state index in [4.69, 9.17) is 27.9 Å². The minimum atomic E-state index is -3.69. The van der Waals surface area contributed by atoms with Crippen molar-refractivity contribution in [1.29, 1.82) is 0 Å². The van der Waals surface area contributed by atoms with Gasteiger partial charge in [0.15, 0.2) is 0 Å². The van der Waals surface area contributed by atoms with Crippen LogP contribution in [0.3, 0.4) is 0 Å². The van der Waals surface area contributed by atoms with Crippen LogP contribution in [0.1, 0.15) is 13.3 Å². The van der Waals surface area contributed by atoms with Gasteiger partial charge in [0.05, 0.1) is 10.9 Å². The van der Waals surface area contributed by atoms with Gasteiger partial charge in [0.1, 0.15) is 15.0 Å². The monoisotopic (exact) mass is 422 g/mol. The van der Waals surface area contributed by atoms with E-state index in [-0.39, 0.29) is 21.7 Å². The molecule has 1 amide bonds. The molecule has 0 atom stereocenters. The van der Waals surface area contributed by atoms with Gasteiger partial charge in [0.25, 0.3) is 0 Å². The van der Waals surface area contributed by atoms with Crippen LogP contribution in [-0.2, 0) is 14.8 Å². The molecule has 1 heterocycles. The molecule has 0 spiro atoms. The van der Waals surface area contributed by atoms with Crippen molar-refractivity contribution in [3.05, 3.63) is 39.0 Å². The summed E-state index contributed by atoms with van der Waals surface area (Å²) in [6, 6.07) is 8.27. The zero-order chi connectivity index (χ0) is 18.4. The lowest BCUT2D eigenvalue weighted by molar-refractivity contribution is -0.114. The van der Waals surface area contributed by atoms with Crippen molar-refractivity contribution in [2.45, 2.75) is 18.2 Å². The second-order valence-electron chi connectivity index (χ2n) is 5.00. The van der Waals surface area contributed by atoms with E-state index in [1.165, 1.54) is 13.0 Å². The number of nitrogens with one attached hydrogen (secondary N) is 2. The lowest BCUT2D eigenvalue weighted by atomic mass is 10.3. The van der Waals surface area contributed by atoms with Gasteiger partial charge in [-0.25, -0.2) is 13.1 Å². The molecule has 2 rings (SSSR count). The van der Waals surface area contributed by atoms with E-state index in [2.05, 4.69) is 10.0 Å². The highest BCUT2D eigenvalue weighted by atomic mass is 35.5. The van der Waals surface area contributed by atoms with E-state index in [0.717, 1.165) is 11.3 Å². The van der Waals surface area contributed by atoms with Crippen LogP contribution in [0, 0.1) is 0 Å². The summed E-state index contributed by atoms with van der Waals surface area (Å²) >= 11 is 12.6. The molecule has 0 bridgehead atoms. The molecule has 0 unspecified atom stereocenters. The molecule has 0 fully saturated rings. The Kier molecular flexibility index (Phi) is 7.09. The Balaban J connectivity index is 1.80. The fourth-order valence-electron chi connectivity index (χ4n) is 1.92. The van der Waals surface area contributed by atoms with Crippen LogP contribution in [0.25, 0.3) is 0 Å². The highest BCUT2D eigenvalue weighted by Gasteiger charge is 2.20. The normalized spacial score (nSPS) is 11.3. The maximum Gasteiger partial charge on any atom is 0.242 e. The number of hydrogen-bond acceptors (Lipinski definition) is 5. The number of hydrogen-bond donors (Lipinski definition) is 2. The van der Waals surface area contributed by atoms with Gasteiger partial charge in [0.2, 0.25) is 15.9 Å². The quantitative estimate of drug-likeness (QED) is 0.634. The van der Waals surface area contributed by atoms with Gasteiger partial charge in [-0.05, 0) is 24.6 Å². The standard InChI is InChI=1S/C15H16Cl2N2O4S2/c1-10(20)19-11-4-2-5-12(8-11)23-7-3-6-18-25(21,22)13-9-14(16)24-15(13)17/h2,4-5,8-9,18H,3,6-7H2,1H3,(H,19,20). The van der Waals surface area contributed by atoms with E-state index < -0.39 is 10.0 Å². The van der Waals surface area contributed by atoms with Gasteiger partial charge < -0.3 is 10.1 Å². The van der Waals surface area contributed by atoms with Crippen LogP contribution in [0.5, 0.6) is 5.75 Å². The van der Waals surface area contributed by atoms with E-state index in [9.17, 15) is 13.2 Å². The Morgan fingerprint density at radius 1 is 1.28 bits per heavy atom. The fraction of sp³-hybridized carbons (Fsp3) is 0.267. The van der Waals surface area contributed by atoms with Crippen LogP contribution in [0.4, 0.5) is 5.69 Å². The minimum absolute atomic E-state index is 0.0203. The zero-order valence-corrected chi connectivity index (χ0v) is 16.4. The fourth-order valence-corrected chi connectivity index (χ4v) is 5.14.